The second-order valence-corrected chi connectivity index (χ2v) is 5.45. The van der Waals surface area contributed by atoms with Gasteiger partial charge in [-0.15, -0.1) is 0 Å². The van der Waals surface area contributed by atoms with E-state index in [1.807, 2.05) is 6.08 Å². The Kier molecular flexibility index (Phi) is 5.62. The van der Waals surface area contributed by atoms with E-state index in [9.17, 15) is 14.7 Å². The van der Waals surface area contributed by atoms with Gasteiger partial charge in [0.25, 0.3) is 0 Å². The number of benzene rings is 1. The summed E-state index contributed by atoms with van der Waals surface area (Å²) in [6.45, 7) is 0.470. The van der Waals surface area contributed by atoms with E-state index >= 15 is 0 Å². The van der Waals surface area contributed by atoms with Crippen molar-refractivity contribution >= 4 is 12.1 Å². The van der Waals surface area contributed by atoms with E-state index in [-0.39, 0.29) is 12.0 Å². The molecule has 0 saturated carbocycles. The van der Waals surface area contributed by atoms with E-state index in [0.29, 0.717) is 18.5 Å². The van der Waals surface area contributed by atoms with Crippen LogP contribution in [0.25, 0.3) is 0 Å². The molecule has 0 bridgehead atoms. The molecule has 1 aliphatic rings. The molecular formula is C17H21NO5. The lowest BCUT2D eigenvalue weighted by molar-refractivity contribution is 0.0600. The molecule has 0 radical (unpaired) electrons. The number of methoxy groups -OCH3 is 2. The van der Waals surface area contributed by atoms with Gasteiger partial charge < -0.3 is 19.5 Å². The van der Waals surface area contributed by atoms with E-state index < -0.39 is 12.1 Å². The van der Waals surface area contributed by atoms with E-state index in [2.05, 4.69) is 4.74 Å². The summed E-state index contributed by atoms with van der Waals surface area (Å²) in [5.74, 6) is -0.146. The molecule has 1 heterocycles. The molecule has 1 aromatic carbocycles. The van der Waals surface area contributed by atoms with Crippen LogP contribution in [0, 0.1) is 5.92 Å². The number of esters is 1. The first kappa shape index (κ1) is 16.9. The van der Waals surface area contributed by atoms with Gasteiger partial charge in [-0.3, -0.25) is 0 Å². The summed E-state index contributed by atoms with van der Waals surface area (Å²) in [4.78, 5) is 24.4. The van der Waals surface area contributed by atoms with Gasteiger partial charge in [0.1, 0.15) is 0 Å². The average Bonchev–Trinajstić information content (AvgIpc) is 2.59. The van der Waals surface area contributed by atoms with Crippen LogP contribution in [0.3, 0.4) is 0 Å². The van der Waals surface area contributed by atoms with Crippen LogP contribution in [0.1, 0.15) is 34.8 Å². The first-order valence-corrected chi connectivity index (χ1v) is 7.44. The van der Waals surface area contributed by atoms with Crippen LogP contribution in [-0.2, 0) is 9.47 Å². The minimum atomic E-state index is -0.929. The molecule has 0 aromatic heterocycles. The maximum absolute atomic E-state index is 11.5. The highest BCUT2D eigenvalue weighted by molar-refractivity contribution is 5.89. The molecule has 0 spiro atoms. The van der Waals surface area contributed by atoms with Crippen molar-refractivity contribution in [3.63, 3.8) is 0 Å². The molecular weight excluding hydrogens is 298 g/mol. The van der Waals surface area contributed by atoms with E-state index in [4.69, 9.17) is 4.74 Å². The summed E-state index contributed by atoms with van der Waals surface area (Å²) in [6.07, 6.45) is 4.13. The third kappa shape index (κ3) is 4.03. The topological polar surface area (TPSA) is 76.1 Å². The van der Waals surface area contributed by atoms with Crippen molar-refractivity contribution in [3.05, 3.63) is 47.7 Å². The van der Waals surface area contributed by atoms with Gasteiger partial charge in [-0.1, -0.05) is 12.1 Å². The van der Waals surface area contributed by atoms with Crippen LogP contribution in [0.2, 0.25) is 0 Å². The minimum absolute atomic E-state index is 0.237. The lowest BCUT2D eigenvalue weighted by atomic mass is 9.87. The molecule has 6 nitrogen and oxygen atoms in total. The number of carbonyl (C=O) groups is 2. The number of likely N-dealkylation sites (tertiary alicyclic amines) is 1. The third-order valence-electron chi connectivity index (χ3n) is 4.09. The maximum Gasteiger partial charge on any atom is 0.407 e. The highest BCUT2D eigenvalue weighted by Gasteiger charge is 2.31. The van der Waals surface area contributed by atoms with Gasteiger partial charge in [-0.2, -0.15) is 0 Å². The van der Waals surface area contributed by atoms with Crippen molar-refractivity contribution in [1.29, 1.82) is 0 Å². The van der Waals surface area contributed by atoms with Gasteiger partial charge in [-0.05, 0) is 42.5 Å². The number of carboxylic acid groups (broad SMARTS) is 1. The van der Waals surface area contributed by atoms with Crippen LogP contribution in [0.4, 0.5) is 4.79 Å². The van der Waals surface area contributed by atoms with Gasteiger partial charge in [0.05, 0.1) is 32.1 Å². The second-order valence-electron chi connectivity index (χ2n) is 5.45. The molecule has 1 aromatic rings. The molecule has 23 heavy (non-hydrogen) atoms. The van der Waals surface area contributed by atoms with Crippen molar-refractivity contribution in [2.45, 2.75) is 18.9 Å². The second kappa shape index (κ2) is 7.67. The molecule has 1 aliphatic heterocycles. The number of amides is 1. The molecule has 1 fully saturated rings. The molecule has 124 valence electrons. The third-order valence-corrected chi connectivity index (χ3v) is 4.09. The van der Waals surface area contributed by atoms with Gasteiger partial charge in [0.2, 0.25) is 0 Å². The maximum atomic E-state index is 11.5. The van der Waals surface area contributed by atoms with Crippen LogP contribution >= 0.6 is 0 Å². The quantitative estimate of drug-likeness (QED) is 0.682. The summed E-state index contributed by atoms with van der Waals surface area (Å²) < 4.78 is 9.63. The predicted molar refractivity (Wildman–Crippen MR) is 84.1 cm³/mol. The molecule has 0 aliphatic carbocycles. The van der Waals surface area contributed by atoms with E-state index in [0.717, 1.165) is 12.0 Å². The van der Waals surface area contributed by atoms with Crippen LogP contribution < -0.4 is 0 Å². The number of piperidine rings is 1. The van der Waals surface area contributed by atoms with Gasteiger partial charge in [0.15, 0.2) is 0 Å². The van der Waals surface area contributed by atoms with Gasteiger partial charge in [0, 0.05) is 6.54 Å². The Morgan fingerprint density at radius 2 is 1.96 bits per heavy atom. The fraction of sp³-hybridized carbons (Fsp3) is 0.412. The molecule has 6 heteroatoms. The Morgan fingerprint density at radius 1 is 1.26 bits per heavy atom. The van der Waals surface area contributed by atoms with Crippen molar-refractivity contribution in [2.75, 3.05) is 20.8 Å². The summed E-state index contributed by atoms with van der Waals surface area (Å²) in [5.41, 5.74) is 1.32. The number of nitrogens with zero attached hydrogens (tertiary/aromatic N) is 1. The molecule has 1 unspecified atom stereocenters. The Bertz CT molecular complexity index is 581. The number of hydrogen-bond acceptors (Lipinski definition) is 4. The monoisotopic (exact) mass is 319 g/mol. The molecule has 1 N–H and O–H groups in total. The first-order chi connectivity index (χ1) is 11.1. The summed E-state index contributed by atoms with van der Waals surface area (Å²) >= 11 is 0. The average molecular weight is 319 g/mol. The summed E-state index contributed by atoms with van der Waals surface area (Å²) in [7, 11) is 2.92. The number of hydrogen-bond donors (Lipinski definition) is 1. The van der Waals surface area contributed by atoms with Crippen LogP contribution in [0.5, 0.6) is 0 Å². The molecule has 1 saturated heterocycles. The number of allylic oxidation sites excluding steroid dienone is 1. The fourth-order valence-corrected chi connectivity index (χ4v) is 2.86. The smallest absolute Gasteiger partial charge is 0.407 e. The van der Waals surface area contributed by atoms with Crippen molar-refractivity contribution in [2.24, 2.45) is 5.92 Å². The number of rotatable bonds is 4. The van der Waals surface area contributed by atoms with Crippen molar-refractivity contribution in [3.8, 4) is 0 Å². The Balaban J connectivity index is 2.22. The zero-order chi connectivity index (χ0) is 16.8. The summed E-state index contributed by atoms with van der Waals surface area (Å²) in [5, 5.41) is 9.42. The largest absolute Gasteiger partial charge is 0.505 e. The Morgan fingerprint density at radius 3 is 2.52 bits per heavy atom. The SMILES string of the molecule is COC=CC1CCN(C(=O)O)[C@H](c2ccc(C(=O)OC)cc2)C1. The highest BCUT2D eigenvalue weighted by Crippen LogP contribution is 2.35. The summed E-state index contributed by atoms with van der Waals surface area (Å²) in [6, 6.07) is 6.66. The van der Waals surface area contributed by atoms with Gasteiger partial charge in [-0.25, -0.2) is 9.59 Å². The lowest BCUT2D eigenvalue weighted by Gasteiger charge is -2.37. The molecule has 2 rings (SSSR count). The fourth-order valence-electron chi connectivity index (χ4n) is 2.86. The zero-order valence-corrected chi connectivity index (χ0v) is 13.3. The van der Waals surface area contributed by atoms with E-state index in [1.165, 1.54) is 12.0 Å². The molecule has 2 atom stereocenters. The normalized spacial score (nSPS) is 21.2. The Labute approximate surface area is 135 Å². The van der Waals surface area contributed by atoms with Crippen molar-refractivity contribution in [1.82, 2.24) is 4.90 Å². The standard InChI is InChI=1S/C17H21NO5/c1-22-10-8-12-7-9-18(17(20)21)15(11-12)13-3-5-14(6-4-13)16(19)23-2/h3-6,8,10,12,15H,7,9,11H2,1-2H3,(H,20,21)/t12?,15-/m0/s1. The van der Waals surface area contributed by atoms with Crippen LogP contribution in [0.15, 0.2) is 36.6 Å². The highest BCUT2D eigenvalue weighted by atomic mass is 16.5. The van der Waals surface area contributed by atoms with Crippen LogP contribution in [-0.4, -0.2) is 42.8 Å². The number of carbonyl (C=O) groups excluding carboxylic acids is 1. The predicted octanol–water partition coefficient (Wildman–Crippen LogP) is 3.06. The number of ether oxygens (including phenoxy) is 2. The lowest BCUT2D eigenvalue weighted by Crippen LogP contribution is -2.40. The Hall–Kier alpha value is -2.50. The van der Waals surface area contributed by atoms with Crippen molar-refractivity contribution < 1.29 is 24.2 Å². The van der Waals surface area contributed by atoms with E-state index in [1.54, 1.807) is 37.6 Å². The minimum Gasteiger partial charge on any atom is -0.505 e. The first-order valence-electron chi connectivity index (χ1n) is 7.44. The molecule has 1 amide bonds. The zero-order valence-electron chi connectivity index (χ0n) is 13.3. The van der Waals surface area contributed by atoms with Gasteiger partial charge >= 0.3 is 12.1 Å².